The lowest BCUT2D eigenvalue weighted by Gasteiger charge is -2.39. The predicted molar refractivity (Wildman–Crippen MR) is 138 cm³/mol. The van der Waals surface area contributed by atoms with Gasteiger partial charge in [-0.3, -0.25) is 14.4 Å². The summed E-state index contributed by atoms with van der Waals surface area (Å²) in [4.78, 5) is 50.1. The summed E-state index contributed by atoms with van der Waals surface area (Å²) in [7, 11) is 0. The molecule has 0 aliphatic heterocycles. The van der Waals surface area contributed by atoms with Gasteiger partial charge in [0.25, 0.3) is 16.8 Å². The normalized spacial score (nSPS) is 20.7. The number of nitrogens with one attached hydrogen (secondary N) is 2. The summed E-state index contributed by atoms with van der Waals surface area (Å²) in [6.45, 7) is 6.24. The Hall–Kier alpha value is -3.27. The number of nitrogens with zero attached hydrogens (tertiary/aromatic N) is 3. The first-order valence-electron chi connectivity index (χ1n) is 12.5. The van der Waals surface area contributed by atoms with Gasteiger partial charge >= 0.3 is 0 Å². The number of thiazole rings is 1. The van der Waals surface area contributed by atoms with Gasteiger partial charge in [-0.2, -0.15) is 0 Å². The number of carbonyl (C=O) groups is 1. The van der Waals surface area contributed by atoms with Gasteiger partial charge in [0.05, 0.1) is 27.3 Å². The Morgan fingerprint density at radius 3 is 2.47 bits per heavy atom. The molecule has 2 fully saturated rings. The number of aromatic nitrogens is 2. The molecule has 0 saturated heterocycles. The maximum atomic E-state index is 13.2. The summed E-state index contributed by atoms with van der Waals surface area (Å²) in [6, 6.07) is 1.75. The fourth-order valence-electron chi connectivity index (χ4n) is 5.19. The minimum absolute atomic E-state index is 0.0369. The number of hydrogen-bond donors (Lipinski definition) is 3. The molecule has 36 heavy (non-hydrogen) atoms. The zero-order valence-electron chi connectivity index (χ0n) is 20.6. The van der Waals surface area contributed by atoms with Crippen molar-refractivity contribution in [1.29, 1.82) is 0 Å². The van der Waals surface area contributed by atoms with Crippen molar-refractivity contribution < 1.29 is 9.90 Å². The fraction of sp³-hybridized carbons (Fsp3) is 0.500. The third kappa shape index (κ3) is 3.78. The number of hydrogen-bond acceptors (Lipinski definition) is 9. The van der Waals surface area contributed by atoms with Gasteiger partial charge in [0, 0.05) is 18.3 Å². The number of anilines is 3. The van der Waals surface area contributed by atoms with Crippen molar-refractivity contribution in [1.82, 2.24) is 14.9 Å². The number of fused-ring (bicyclic) bond motifs is 1. The van der Waals surface area contributed by atoms with E-state index in [2.05, 4.69) is 34.4 Å². The molecule has 1 atom stereocenters. The molecule has 1 aromatic carbocycles. The molecular formula is C26H29N5O4S. The largest absolute Gasteiger partial charge is 0.504 e. The van der Waals surface area contributed by atoms with Gasteiger partial charge in [-0.1, -0.05) is 13.8 Å². The first-order chi connectivity index (χ1) is 17.2. The molecule has 188 valence electrons. The smallest absolute Gasteiger partial charge is 0.276 e. The summed E-state index contributed by atoms with van der Waals surface area (Å²) < 4.78 is 0. The number of aryl methyl sites for hydroxylation is 2. The Balaban J connectivity index is 1.29. The number of aromatic hydroxyl groups is 1. The second kappa shape index (κ2) is 8.12. The lowest BCUT2D eigenvalue weighted by Crippen LogP contribution is -2.41. The van der Waals surface area contributed by atoms with Crippen LogP contribution in [-0.4, -0.2) is 38.0 Å². The van der Waals surface area contributed by atoms with Crippen molar-refractivity contribution in [3.8, 4) is 5.75 Å². The van der Waals surface area contributed by atoms with Crippen LogP contribution in [-0.2, 0) is 6.42 Å². The molecule has 0 spiro atoms. The Labute approximate surface area is 212 Å². The van der Waals surface area contributed by atoms with E-state index in [4.69, 9.17) is 0 Å². The number of rotatable bonds is 7. The highest BCUT2D eigenvalue weighted by Crippen LogP contribution is 2.48. The van der Waals surface area contributed by atoms with Gasteiger partial charge in [-0.25, -0.2) is 9.97 Å². The van der Waals surface area contributed by atoms with Crippen LogP contribution in [0.1, 0.15) is 78.1 Å². The van der Waals surface area contributed by atoms with Crippen LogP contribution in [0.2, 0.25) is 0 Å². The van der Waals surface area contributed by atoms with E-state index in [1.54, 1.807) is 11.3 Å². The number of amides is 1. The van der Waals surface area contributed by atoms with Crippen molar-refractivity contribution >= 4 is 34.3 Å². The molecule has 3 N–H and O–H groups in total. The van der Waals surface area contributed by atoms with Gasteiger partial charge in [0.1, 0.15) is 11.4 Å². The third-order valence-corrected chi connectivity index (χ3v) is 8.66. The summed E-state index contributed by atoms with van der Waals surface area (Å²) in [6.07, 6.45) is 7.09. The van der Waals surface area contributed by atoms with Crippen LogP contribution in [0, 0.1) is 12.3 Å². The highest BCUT2D eigenvalue weighted by atomic mass is 32.1. The molecule has 9 nitrogen and oxygen atoms in total. The average molecular weight is 508 g/mol. The van der Waals surface area contributed by atoms with Crippen LogP contribution in [0.15, 0.2) is 21.9 Å². The topological polar surface area (TPSA) is 125 Å². The summed E-state index contributed by atoms with van der Waals surface area (Å²) in [5.74, 6) is -0.604. The first kappa shape index (κ1) is 23.1. The standard InChI is InChI=1S/C26H29N5O4S/c1-12-28-16-8-10-26(2,3)24(23(16)36-12)30-18-17(21(33)22(18)34)29-15-9-11-27-19(20(15)32)25(35)31(13-4-5-13)14-6-7-14/h9,11,13-14,24,30,32H,4-8,10H2,1-3H3,(H,27,29). The minimum Gasteiger partial charge on any atom is -0.504 e. The van der Waals surface area contributed by atoms with E-state index in [0.29, 0.717) is 0 Å². The third-order valence-electron chi connectivity index (χ3n) is 7.58. The number of pyridine rings is 1. The molecule has 3 aliphatic rings. The molecule has 10 heteroatoms. The van der Waals surface area contributed by atoms with E-state index in [1.165, 1.54) is 12.3 Å². The maximum Gasteiger partial charge on any atom is 0.276 e. The zero-order valence-corrected chi connectivity index (χ0v) is 21.4. The van der Waals surface area contributed by atoms with Crippen molar-refractivity contribution in [2.45, 2.75) is 77.4 Å². The van der Waals surface area contributed by atoms with Gasteiger partial charge in [-0.05, 0) is 56.9 Å². The SMILES string of the molecule is Cc1nc2c(s1)C(Nc1c(Nc3ccnc(C(=O)N(C4CC4)C4CC4)c3O)c(=O)c1=O)C(C)(C)CC2. The molecule has 1 amide bonds. The van der Waals surface area contributed by atoms with Gasteiger partial charge < -0.3 is 20.6 Å². The first-order valence-corrected chi connectivity index (χ1v) is 13.3. The summed E-state index contributed by atoms with van der Waals surface area (Å²) in [5.41, 5.74) is 0.0413. The maximum absolute atomic E-state index is 13.2. The van der Waals surface area contributed by atoms with Gasteiger partial charge in [-0.15, -0.1) is 11.3 Å². The van der Waals surface area contributed by atoms with Crippen molar-refractivity contribution in [3.05, 3.63) is 54.0 Å². The molecule has 3 aliphatic carbocycles. The minimum atomic E-state index is -0.659. The molecule has 2 saturated carbocycles. The highest BCUT2D eigenvalue weighted by Gasteiger charge is 2.44. The van der Waals surface area contributed by atoms with Crippen molar-refractivity contribution in [2.24, 2.45) is 5.41 Å². The van der Waals surface area contributed by atoms with E-state index >= 15 is 0 Å². The monoisotopic (exact) mass is 507 g/mol. The Kier molecular flexibility index (Phi) is 5.22. The molecule has 3 aromatic rings. The molecular weight excluding hydrogens is 478 g/mol. The van der Waals surface area contributed by atoms with E-state index in [-0.39, 0.29) is 58.0 Å². The van der Waals surface area contributed by atoms with E-state index in [0.717, 1.165) is 54.1 Å². The Morgan fingerprint density at radius 1 is 1.14 bits per heavy atom. The molecule has 6 rings (SSSR count). The average Bonchev–Trinajstić information content (AvgIpc) is 3.78. The summed E-state index contributed by atoms with van der Waals surface area (Å²) >= 11 is 1.61. The van der Waals surface area contributed by atoms with Crippen LogP contribution >= 0.6 is 11.3 Å². The van der Waals surface area contributed by atoms with Crippen LogP contribution in [0.3, 0.4) is 0 Å². The van der Waals surface area contributed by atoms with Gasteiger partial charge in [0.2, 0.25) is 0 Å². The van der Waals surface area contributed by atoms with Crippen LogP contribution in [0.4, 0.5) is 17.1 Å². The zero-order chi connectivity index (χ0) is 25.4. The molecule has 1 unspecified atom stereocenters. The molecule has 0 bridgehead atoms. The van der Waals surface area contributed by atoms with E-state index < -0.39 is 10.9 Å². The van der Waals surface area contributed by atoms with Crippen molar-refractivity contribution in [2.75, 3.05) is 10.6 Å². The molecule has 2 heterocycles. The quantitative estimate of drug-likeness (QED) is 0.413. The Bertz CT molecular complexity index is 1430. The Morgan fingerprint density at radius 2 is 1.81 bits per heavy atom. The second-order valence-corrected chi connectivity index (χ2v) is 12.1. The lowest BCUT2D eigenvalue weighted by molar-refractivity contribution is 0.0720. The van der Waals surface area contributed by atoms with Crippen LogP contribution in [0.25, 0.3) is 0 Å². The van der Waals surface area contributed by atoms with E-state index in [9.17, 15) is 19.5 Å². The predicted octanol–water partition coefficient (Wildman–Crippen LogP) is 3.78. The van der Waals surface area contributed by atoms with Gasteiger partial charge in [0.15, 0.2) is 11.4 Å². The van der Waals surface area contributed by atoms with Crippen LogP contribution < -0.4 is 21.5 Å². The lowest BCUT2D eigenvalue weighted by atomic mass is 9.74. The number of carbonyl (C=O) groups excluding carboxylic acids is 1. The van der Waals surface area contributed by atoms with Crippen LogP contribution in [0.5, 0.6) is 5.75 Å². The highest BCUT2D eigenvalue weighted by molar-refractivity contribution is 7.11. The molecule has 0 radical (unpaired) electrons. The van der Waals surface area contributed by atoms with Crippen molar-refractivity contribution in [3.63, 3.8) is 0 Å². The fourth-order valence-corrected chi connectivity index (χ4v) is 6.42. The van der Waals surface area contributed by atoms with E-state index in [1.807, 2.05) is 11.8 Å². The second-order valence-electron chi connectivity index (χ2n) is 10.9. The molecule has 2 aromatic heterocycles. The summed E-state index contributed by atoms with van der Waals surface area (Å²) in [5, 5.41) is 18.2.